The molecule has 1 heterocycles. The fourth-order valence-electron chi connectivity index (χ4n) is 2.07. The fraction of sp³-hybridized carbons (Fsp3) is 0.235. The van der Waals surface area contributed by atoms with Crippen molar-refractivity contribution < 1.29 is 22.7 Å². The third kappa shape index (κ3) is 5.89. The van der Waals surface area contributed by atoms with E-state index in [-0.39, 0.29) is 10.5 Å². The Kier molecular flexibility index (Phi) is 7.06. The Morgan fingerprint density at radius 1 is 1.30 bits per heavy atom. The number of rotatable bonds is 8. The second-order valence-corrected chi connectivity index (χ2v) is 7.99. The molecule has 0 aliphatic rings. The number of thiophene rings is 1. The maximum Gasteiger partial charge on any atom is 0.321 e. The number of esters is 1. The molecule has 0 aliphatic heterocycles. The maximum absolute atomic E-state index is 12.2. The van der Waals surface area contributed by atoms with Crippen LogP contribution < -0.4 is 4.72 Å². The molecule has 0 bridgehead atoms. The van der Waals surface area contributed by atoms with Gasteiger partial charge in [0.05, 0.1) is 10.5 Å². The van der Waals surface area contributed by atoms with E-state index in [1.54, 1.807) is 13.1 Å². The van der Waals surface area contributed by atoms with Crippen LogP contribution in [0, 0.1) is 11.3 Å². The largest absolute Gasteiger partial charge is 0.455 e. The minimum absolute atomic E-state index is 0.0383. The lowest BCUT2D eigenvalue weighted by Crippen LogP contribution is -2.34. The molecule has 1 aromatic heterocycles. The van der Waals surface area contributed by atoms with Crippen LogP contribution in [0.2, 0.25) is 0 Å². The highest BCUT2D eigenvalue weighted by Gasteiger charge is 2.20. The molecule has 0 aliphatic carbocycles. The third-order valence-corrected chi connectivity index (χ3v) is 5.68. The first-order chi connectivity index (χ1) is 12.8. The highest BCUT2D eigenvalue weighted by molar-refractivity contribution is 7.89. The zero-order valence-electron chi connectivity index (χ0n) is 14.4. The van der Waals surface area contributed by atoms with E-state index in [9.17, 15) is 18.0 Å². The zero-order valence-corrected chi connectivity index (χ0v) is 16.0. The number of ether oxygens (including phenoxy) is 1. The van der Waals surface area contributed by atoms with Crippen LogP contribution >= 0.6 is 11.3 Å². The lowest BCUT2D eigenvalue weighted by molar-refractivity contribution is -0.150. The average molecular weight is 407 g/mol. The van der Waals surface area contributed by atoms with E-state index >= 15 is 0 Å². The van der Waals surface area contributed by atoms with Crippen LogP contribution in [0.4, 0.5) is 0 Å². The number of hydrogen-bond acceptors (Lipinski definition) is 7. The lowest BCUT2D eigenvalue weighted by Gasteiger charge is -2.16. The van der Waals surface area contributed by atoms with Crippen molar-refractivity contribution in [1.82, 2.24) is 9.62 Å². The van der Waals surface area contributed by atoms with Crippen molar-refractivity contribution in [3.63, 3.8) is 0 Å². The van der Waals surface area contributed by atoms with Crippen LogP contribution in [0.1, 0.15) is 11.1 Å². The van der Waals surface area contributed by atoms with Gasteiger partial charge in [0.1, 0.15) is 12.6 Å². The van der Waals surface area contributed by atoms with Gasteiger partial charge in [0.15, 0.2) is 6.61 Å². The van der Waals surface area contributed by atoms with E-state index < -0.39 is 35.1 Å². The summed E-state index contributed by atoms with van der Waals surface area (Å²) in [6.45, 7) is -0.753. The molecule has 0 spiro atoms. The van der Waals surface area contributed by atoms with Crippen LogP contribution in [-0.2, 0) is 30.9 Å². The van der Waals surface area contributed by atoms with Crippen LogP contribution in [0.3, 0.4) is 0 Å². The molecule has 0 saturated carbocycles. The van der Waals surface area contributed by atoms with Crippen LogP contribution in [-0.4, -0.2) is 45.4 Å². The molecule has 142 valence electrons. The van der Waals surface area contributed by atoms with Crippen molar-refractivity contribution >= 4 is 33.2 Å². The van der Waals surface area contributed by atoms with Gasteiger partial charge in [0.25, 0.3) is 5.91 Å². The Balaban J connectivity index is 1.83. The molecule has 2 aromatic rings. The highest BCUT2D eigenvalue weighted by Crippen LogP contribution is 2.13. The van der Waals surface area contributed by atoms with Crippen molar-refractivity contribution in [2.24, 2.45) is 0 Å². The smallest absolute Gasteiger partial charge is 0.321 e. The summed E-state index contributed by atoms with van der Waals surface area (Å²) in [5, 5.41) is 12.8. The standard InChI is InChI=1S/C17H17N3O5S2/c1-20(10-13-6-7-26-12-13)16(21)11-25-17(22)9-19-27(23,24)15-5-3-2-4-14(15)8-18/h2-7,12,19H,9-11H2,1H3. The minimum Gasteiger partial charge on any atom is -0.455 e. The molecule has 2 rings (SSSR count). The number of sulfonamides is 1. The molecule has 1 N–H and O–H groups in total. The number of likely N-dealkylation sites (N-methyl/N-ethyl adjacent to an activating group) is 1. The Labute approximate surface area is 161 Å². The van der Waals surface area contributed by atoms with Gasteiger partial charge < -0.3 is 9.64 Å². The third-order valence-electron chi connectivity index (χ3n) is 3.49. The van der Waals surface area contributed by atoms with Crippen LogP contribution in [0.5, 0.6) is 0 Å². The van der Waals surface area contributed by atoms with E-state index in [0.29, 0.717) is 6.54 Å². The van der Waals surface area contributed by atoms with Gasteiger partial charge >= 0.3 is 5.97 Å². The monoisotopic (exact) mass is 407 g/mol. The second-order valence-electron chi connectivity index (χ2n) is 5.47. The number of carbonyl (C=O) groups excluding carboxylic acids is 2. The summed E-state index contributed by atoms with van der Waals surface area (Å²) in [6.07, 6.45) is 0. The molecule has 1 aromatic carbocycles. The molecule has 27 heavy (non-hydrogen) atoms. The van der Waals surface area contributed by atoms with Crippen molar-refractivity contribution in [1.29, 1.82) is 5.26 Å². The van der Waals surface area contributed by atoms with Crippen LogP contribution in [0.25, 0.3) is 0 Å². The molecule has 0 atom stereocenters. The number of carbonyl (C=O) groups is 2. The van der Waals surface area contributed by atoms with Gasteiger partial charge in [-0.2, -0.15) is 21.3 Å². The van der Waals surface area contributed by atoms with E-state index in [4.69, 9.17) is 10.00 Å². The van der Waals surface area contributed by atoms with E-state index in [0.717, 1.165) is 5.56 Å². The summed E-state index contributed by atoms with van der Waals surface area (Å²) in [4.78, 5) is 24.9. The number of nitrogens with one attached hydrogen (secondary N) is 1. The first kappa shape index (κ1) is 20.6. The van der Waals surface area contributed by atoms with Gasteiger partial charge in [0.2, 0.25) is 10.0 Å². The van der Waals surface area contributed by atoms with Crippen molar-refractivity contribution in [2.45, 2.75) is 11.4 Å². The molecule has 0 fully saturated rings. The van der Waals surface area contributed by atoms with Crippen molar-refractivity contribution in [2.75, 3.05) is 20.2 Å². The van der Waals surface area contributed by atoms with Gasteiger partial charge in [-0.15, -0.1) is 0 Å². The Morgan fingerprint density at radius 2 is 2.04 bits per heavy atom. The summed E-state index contributed by atoms with van der Waals surface area (Å²) < 4.78 is 31.3. The highest BCUT2D eigenvalue weighted by atomic mass is 32.2. The van der Waals surface area contributed by atoms with Gasteiger partial charge in [-0.25, -0.2) is 8.42 Å². The summed E-state index contributed by atoms with van der Waals surface area (Å²) in [6, 6.07) is 9.27. The first-order valence-electron chi connectivity index (χ1n) is 7.73. The first-order valence-corrected chi connectivity index (χ1v) is 10.2. The maximum atomic E-state index is 12.2. The Hall–Kier alpha value is -2.74. The fourth-order valence-corrected chi connectivity index (χ4v) is 3.86. The van der Waals surface area contributed by atoms with Gasteiger partial charge in [-0.05, 0) is 34.5 Å². The quantitative estimate of drug-likeness (QED) is 0.655. The minimum atomic E-state index is -4.05. The van der Waals surface area contributed by atoms with Gasteiger partial charge in [-0.3, -0.25) is 9.59 Å². The number of nitrogens with zero attached hydrogens (tertiary/aromatic N) is 2. The molecule has 0 saturated heterocycles. The lowest BCUT2D eigenvalue weighted by atomic mass is 10.2. The van der Waals surface area contributed by atoms with Gasteiger partial charge in [-0.1, -0.05) is 12.1 Å². The topological polar surface area (TPSA) is 117 Å². The Morgan fingerprint density at radius 3 is 2.70 bits per heavy atom. The summed E-state index contributed by atoms with van der Waals surface area (Å²) in [5.41, 5.74) is 0.926. The molecule has 1 amide bonds. The summed E-state index contributed by atoms with van der Waals surface area (Å²) in [7, 11) is -2.48. The molecule has 10 heteroatoms. The SMILES string of the molecule is CN(Cc1ccsc1)C(=O)COC(=O)CNS(=O)(=O)c1ccccc1C#N. The number of hydrogen-bond donors (Lipinski definition) is 1. The number of nitriles is 1. The zero-order chi connectivity index (χ0) is 19.9. The number of amides is 1. The molecular formula is C17H17N3O5S2. The summed E-state index contributed by atoms with van der Waals surface area (Å²) >= 11 is 1.51. The predicted molar refractivity (Wildman–Crippen MR) is 98.1 cm³/mol. The molecule has 0 radical (unpaired) electrons. The normalized spacial score (nSPS) is 10.8. The van der Waals surface area contributed by atoms with Gasteiger partial charge in [0, 0.05) is 13.6 Å². The van der Waals surface area contributed by atoms with E-state index in [1.165, 1.54) is 40.5 Å². The van der Waals surface area contributed by atoms with E-state index in [1.807, 2.05) is 16.8 Å². The van der Waals surface area contributed by atoms with Crippen molar-refractivity contribution in [3.8, 4) is 6.07 Å². The molecular weight excluding hydrogens is 390 g/mol. The van der Waals surface area contributed by atoms with Crippen LogP contribution in [0.15, 0.2) is 46.0 Å². The Bertz CT molecular complexity index is 949. The molecule has 0 unspecified atom stereocenters. The predicted octanol–water partition coefficient (Wildman–Crippen LogP) is 1.10. The summed E-state index contributed by atoms with van der Waals surface area (Å²) in [5.74, 6) is -1.31. The second kappa shape index (κ2) is 9.27. The molecule has 8 nitrogen and oxygen atoms in total. The average Bonchev–Trinajstić information content (AvgIpc) is 3.17. The van der Waals surface area contributed by atoms with Crippen molar-refractivity contribution in [3.05, 3.63) is 52.2 Å². The number of benzene rings is 1. The van der Waals surface area contributed by atoms with E-state index in [2.05, 4.69) is 4.72 Å².